The first-order valence-electron chi connectivity index (χ1n) is 9.00. The van der Waals surface area contributed by atoms with E-state index < -0.39 is 27.4 Å². The highest BCUT2D eigenvalue weighted by atomic mass is 32.2. The van der Waals surface area contributed by atoms with Crippen molar-refractivity contribution in [2.45, 2.75) is 10.6 Å². The molecule has 0 aliphatic carbocycles. The smallest absolute Gasteiger partial charge is 0.305 e. The van der Waals surface area contributed by atoms with Gasteiger partial charge < -0.3 is 9.32 Å². The first-order chi connectivity index (χ1) is 14.3. The van der Waals surface area contributed by atoms with Crippen LogP contribution in [0.1, 0.15) is 26.5 Å². The van der Waals surface area contributed by atoms with E-state index in [0.717, 1.165) is 5.69 Å². The number of benzene rings is 2. The summed E-state index contributed by atoms with van der Waals surface area (Å²) in [5.41, 5.74) is 5.94. The topological polar surface area (TPSA) is 109 Å². The SMILES string of the molecule is CN(C)c1cccc(C(=O)NNC(=O)c2occc2CS(=O)(=O)c2ccccc2)c1. The number of anilines is 1. The second-order valence-corrected chi connectivity index (χ2v) is 8.69. The zero-order chi connectivity index (χ0) is 21.7. The Bertz CT molecular complexity index is 1150. The second kappa shape index (κ2) is 8.83. The summed E-state index contributed by atoms with van der Waals surface area (Å²) in [5.74, 6) is -1.86. The summed E-state index contributed by atoms with van der Waals surface area (Å²) >= 11 is 0. The lowest BCUT2D eigenvalue weighted by molar-refractivity contribution is 0.0830. The Kier molecular flexibility index (Phi) is 6.22. The van der Waals surface area contributed by atoms with Crippen molar-refractivity contribution in [3.05, 3.63) is 83.8 Å². The summed E-state index contributed by atoms with van der Waals surface area (Å²) < 4.78 is 30.3. The third-order valence-corrected chi connectivity index (χ3v) is 6.00. The van der Waals surface area contributed by atoms with E-state index in [1.165, 1.54) is 24.5 Å². The summed E-state index contributed by atoms with van der Waals surface area (Å²) in [4.78, 5) is 26.7. The van der Waals surface area contributed by atoms with Crippen molar-refractivity contribution in [1.82, 2.24) is 10.9 Å². The summed E-state index contributed by atoms with van der Waals surface area (Å²) in [6.45, 7) is 0. The van der Waals surface area contributed by atoms with Gasteiger partial charge >= 0.3 is 5.91 Å². The zero-order valence-electron chi connectivity index (χ0n) is 16.5. The van der Waals surface area contributed by atoms with Crippen LogP contribution < -0.4 is 15.8 Å². The minimum atomic E-state index is -3.66. The Balaban J connectivity index is 1.68. The van der Waals surface area contributed by atoms with Crippen LogP contribution in [0.15, 0.2) is 76.2 Å². The molecule has 3 rings (SSSR count). The molecule has 0 spiro atoms. The molecule has 2 aromatic carbocycles. The van der Waals surface area contributed by atoms with Crippen LogP contribution in [-0.2, 0) is 15.6 Å². The lowest BCUT2D eigenvalue weighted by Crippen LogP contribution is -2.41. The Hall–Kier alpha value is -3.59. The van der Waals surface area contributed by atoms with Gasteiger partial charge in [0.05, 0.1) is 16.9 Å². The summed E-state index contributed by atoms with van der Waals surface area (Å²) in [5, 5.41) is 0. The minimum absolute atomic E-state index is 0.145. The number of hydrogen-bond donors (Lipinski definition) is 2. The number of amides is 2. The molecule has 8 nitrogen and oxygen atoms in total. The van der Waals surface area contributed by atoms with E-state index in [1.54, 1.807) is 36.4 Å². The maximum absolute atomic E-state index is 12.6. The number of sulfone groups is 1. The van der Waals surface area contributed by atoms with Crippen LogP contribution in [0.3, 0.4) is 0 Å². The summed E-state index contributed by atoms with van der Waals surface area (Å²) in [7, 11) is 0.0374. The van der Waals surface area contributed by atoms with E-state index in [4.69, 9.17) is 4.42 Å². The molecule has 1 heterocycles. The van der Waals surface area contributed by atoms with Crippen molar-refractivity contribution in [2.24, 2.45) is 0 Å². The molecule has 0 aliphatic heterocycles. The Morgan fingerprint density at radius 3 is 2.33 bits per heavy atom. The number of rotatable bonds is 6. The highest BCUT2D eigenvalue weighted by molar-refractivity contribution is 7.90. The monoisotopic (exact) mass is 427 g/mol. The molecule has 2 N–H and O–H groups in total. The lowest BCUT2D eigenvalue weighted by atomic mass is 10.2. The Labute approximate surface area is 174 Å². The molecule has 0 radical (unpaired) electrons. The third-order valence-electron chi connectivity index (χ3n) is 4.32. The average molecular weight is 427 g/mol. The predicted molar refractivity (Wildman–Crippen MR) is 112 cm³/mol. The molecule has 0 unspecified atom stereocenters. The fourth-order valence-electron chi connectivity index (χ4n) is 2.73. The normalized spacial score (nSPS) is 11.0. The summed E-state index contributed by atoms with van der Waals surface area (Å²) in [6, 6.07) is 16.2. The number of furan rings is 1. The van der Waals surface area contributed by atoms with Gasteiger partial charge in [-0.05, 0) is 36.4 Å². The van der Waals surface area contributed by atoms with Gasteiger partial charge in [0.15, 0.2) is 15.6 Å². The highest BCUT2D eigenvalue weighted by Gasteiger charge is 2.23. The molecule has 0 atom stereocenters. The second-order valence-electron chi connectivity index (χ2n) is 6.70. The van der Waals surface area contributed by atoms with Crippen molar-refractivity contribution in [2.75, 3.05) is 19.0 Å². The fraction of sp³-hybridized carbons (Fsp3) is 0.143. The quantitative estimate of drug-likeness (QED) is 0.585. The third kappa shape index (κ3) is 4.87. The van der Waals surface area contributed by atoms with Gasteiger partial charge in [-0.3, -0.25) is 20.4 Å². The van der Waals surface area contributed by atoms with E-state index >= 15 is 0 Å². The fourth-order valence-corrected chi connectivity index (χ4v) is 4.11. The van der Waals surface area contributed by atoms with E-state index in [2.05, 4.69) is 10.9 Å². The molecule has 0 saturated heterocycles. The molecular formula is C21H21N3O5S. The maximum Gasteiger partial charge on any atom is 0.305 e. The Morgan fingerprint density at radius 1 is 0.933 bits per heavy atom. The average Bonchev–Trinajstić information content (AvgIpc) is 3.20. The van der Waals surface area contributed by atoms with Gasteiger partial charge in [0.25, 0.3) is 5.91 Å². The van der Waals surface area contributed by atoms with Crippen LogP contribution in [-0.4, -0.2) is 34.3 Å². The highest BCUT2D eigenvalue weighted by Crippen LogP contribution is 2.20. The van der Waals surface area contributed by atoms with Crippen molar-refractivity contribution >= 4 is 27.3 Å². The van der Waals surface area contributed by atoms with Crippen LogP contribution in [0.2, 0.25) is 0 Å². The van der Waals surface area contributed by atoms with Gasteiger partial charge in [-0.25, -0.2) is 8.42 Å². The number of nitrogens with one attached hydrogen (secondary N) is 2. The minimum Gasteiger partial charge on any atom is -0.459 e. The summed E-state index contributed by atoms with van der Waals surface area (Å²) in [6.07, 6.45) is 1.23. The lowest BCUT2D eigenvalue weighted by Gasteiger charge is -2.13. The van der Waals surface area contributed by atoms with E-state index in [9.17, 15) is 18.0 Å². The first kappa shape index (κ1) is 21.1. The largest absolute Gasteiger partial charge is 0.459 e. The number of hydrogen-bond acceptors (Lipinski definition) is 6. The van der Waals surface area contributed by atoms with Crippen LogP contribution in [0.25, 0.3) is 0 Å². The van der Waals surface area contributed by atoms with Crippen LogP contribution in [0.4, 0.5) is 5.69 Å². The molecule has 0 saturated carbocycles. The van der Waals surface area contributed by atoms with Gasteiger partial charge in [0.1, 0.15) is 0 Å². The molecule has 3 aromatic rings. The number of carbonyl (C=O) groups is 2. The zero-order valence-corrected chi connectivity index (χ0v) is 17.3. The van der Waals surface area contributed by atoms with Gasteiger partial charge in [0, 0.05) is 30.9 Å². The van der Waals surface area contributed by atoms with E-state index in [0.29, 0.717) is 5.56 Å². The van der Waals surface area contributed by atoms with Crippen LogP contribution in [0.5, 0.6) is 0 Å². The van der Waals surface area contributed by atoms with Gasteiger partial charge in [-0.15, -0.1) is 0 Å². The molecule has 0 fully saturated rings. The molecule has 9 heteroatoms. The van der Waals surface area contributed by atoms with E-state index in [-0.39, 0.29) is 16.2 Å². The van der Waals surface area contributed by atoms with Crippen LogP contribution >= 0.6 is 0 Å². The molecule has 156 valence electrons. The molecular weight excluding hydrogens is 406 g/mol. The van der Waals surface area contributed by atoms with Gasteiger partial charge in [0.2, 0.25) is 0 Å². The standard InChI is InChI=1S/C21H21N3O5S/c1-24(2)17-8-6-7-15(13-17)20(25)22-23-21(26)19-16(11-12-29-19)14-30(27,28)18-9-4-3-5-10-18/h3-13H,14H2,1-2H3,(H,22,25)(H,23,26). The number of nitrogens with zero attached hydrogens (tertiary/aromatic N) is 1. The maximum atomic E-state index is 12.6. The van der Waals surface area contributed by atoms with Gasteiger partial charge in [-0.2, -0.15) is 0 Å². The molecule has 1 aromatic heterocycles. The van der Waals surface area contributed by atoms with Crippen molar-refractivity contribution in [3.63, 3.8) is 0 Å². The number of carbonyl (C=O) groups excluding carboxylic acids is 2. The predicted octanol–water partition coefficient (Wildman–Crippen LogP) is 2.39. The molecule has 30 heavy (non-hydrogen) atoms. The molecule has 0 bridgehead atoms. The van der Waals surface area contributed by atoms with Crippen LogP contribution in [0, 0.1) is 0 Å². The van der Waals surface area contributed by atoms with Crippen molar-refractivity contribution in [3.8, 4) is 0 Å². The number of hydrazine groups is 1. The molecule has 0 aliphatic rings. The van der Waals surface area contributed by atoms with Gasteiger partial charge in [-0.1, -0.05) is 24.3 Å². The Morgan fingerprint density at radius 2 is 1.63 bits per heavy atom. The molecule has 2 amide bonds. The van der Waals surface area contributed by atoms with E-state index in [1.807, 2.05) is 25.1 Å². The van der Waals surface area contributed by atoms with Crippen molar-refractivity contribution < 1.29 is 22.4 Å². The first-order valence-corrected chi connectivity index (χ1v) is 10.7. The van der Waals surface area contributed by atoms with Crippen molar-refractivity contribution in [1.29, 1.82) is 0 Å².